The summed E-state index contributed by atoms with van der Waals surface area (Å²) in [6.45, 7) is 5.44. The first-order valence-electron chi connectivity index (χ1n) is 11.4. The van der Waals surface area contributed by atoms with E-state index in [-0.39, 0.29) is 19.1 Å². The topological polar surface area (TPSA) is 71.1 Å². The number of hydrogen-bond acceptors (Lipinski definition) is 7. The van der Waals surface area contributed by atoms with E-state index in [2.05, 4.69) is 21.2 Å². The number of thiophene rings is 1. The standard InChI is InChI=1S/C26H29N3O4S/c1-3-33-26(31)25-20(17-23(34-25)19-9-5-4-6-10-19)27-24(30)18-28-13-15-29(16-14-28)21-11-7-8-12-22(21)32-2/h4-12,17H,3,13-16,18H2,1-2H3,(H,27,30). The van der Waals surface area contributed by atoms with Crippen molar-refractivity contribution in [3.63, 3.8) is 0 Å². The molecule has 1 fully saturated rings. The number of carbonyl (C=O) groups excluding carboxylic acids is 2. The third-order valence-corrected chi connectivity index (χ3v) is 6.85. The molecule has 7 nitrogen and oxygen atoms in total. The van der Waals surface area contributed by atoms with E-state index in [1.54, 1.807) is 14.0 Å². The van der Waals surface area contributed by atoms with Gasteiger partial charge in [-0.15, -0.1) is 11.3 Å². The smallest absolute Gasteiger partial charge is 0.350 e. The van der Waals surface area contributed by atoms with Crippen molar-refractivity contribution in [1.82, 2.24) is 4.90 Å². The molecule has 1 saturated heterocycles. The molecule has 0 bridgehead atoms. The fourth-order valence-corrected chi connectivity index (χ4v) is 5.02. The Hall–Kier alpha value is -3.36. The highest BCUT2D eigenvalue weighted by Crippen LogP contribution is 2.35. The van der Waals surface area contributed by atoms with Gasteiger partial charge in [-0.1, -0.05) is 42.5 Å². The van der Waals surface area contributed by atoms with Crippen LogP contribution in [0.4, 0.5) is 11.4 Å². The van der Waals surface area contributed by atoms with Crippen LogP contribution in [0.15, 0.2) is 60.7 Å². The number of anilines is 2. The number of ether oxygens (including phenoxy) is 2. The first-order chi connectivity index (χ1) is 16.6. The molecule has 2 aromatic carbocycles. The molecule has 1 aliphatic rings. The average molecular weight is 480 g/mol. The summed E-state index contributed by atoms with van der Waals surface area (Å²) in [6.07, 6.45) is 0. The lowest BCUT2D eigenvalue weighted by Crippen LogP contribution is -2.48. The van der Waals surface area contributed by atoms with Gasteiger partial charge in [0.1, 0.15) is 10.6 Å². The fourth-order valence-electron chi connectivity index (χ4n) is 4.01. The van der Waals surface area contributed by atoms with Crippen LogP contribution in [0.1, 0.15) is 16.6 Å². The van der Waals surface area contributed by atoms with Crippen LogP contribution < -0.4 is 15.0 Å². The van der Waals surface area contributed by atoms with Gasteiger partial charge in [0, 0.05) is 31.1 Å². The Morgan fingerprint density at radius 2 is 1.71 bits per heavy atom. The van der Waals surface area contributed by atoms with Crippen molar-refractivity contribution < 1.29 is 19.1 Å². The molecular formula is C26H29N3O4S. The lowest BCUT2D eigenvalue weighted by Gasteiger charge is -2.36. The first-order valence-corrected chi connectivity index (χ1v) is 12.2. The van der Waals surface area contributed by atoms with Gasteiger partial charge in [-0.3, -0.25) is 9.69 Å². The quantitative estimate of drug-likeness (QED) is 0.484. The van der Waals surface area contributed by atoms with Gasteiger partial charge < -0.3 is 19.7 Å². The Labute approximate surface area is 203 Å². The number of para-hydroxylation sites is 2. The van der Waals surface area contributed by atoms with Crippen molar-refractivity contribution in [1.29, 1.82) is 0 Å². The zero-order valence-corrected chi connectivity index (χ0v) is 20.3. The molecule has 0 unspecified atom stereocenters. The number of benzene rings is 2. The van der Waals surface area contributed by atoms with E-state index in [1.165, 1.54) is 11.3 Å². The number of esters is 1. The average Bonchev–Trinajstić information content (AvgIpc) is 3.29. The van der Waals surface area contributed by atoms with E-state index in [4.69, 9.17) is 9.47 Å². The minimum atomic E-state index is -0.421. The van der Waals surface area contributed by atoms with E-state index < -0.39 is 5.97 Å². The van der Waals surface area contributed by atoms with Gasteiger partial charge in [-0.25, -0.2) is 4.79 Å². The van der Waals surface area contributed by atoms with Crippen LogP contribution in [0.3, 0.4) is 0 Å². The number of nitrogens with zero attached hydrogens (tertiary/aromatic N) is 2. The number of hydrogen-bond donors (Lipinski definition) is 1. The van der Waals surface area contributed by atoms with Gasteiger partial charge in [0.25, 0.3) is 0 Å². The van der Waals surface area contributed by atoms with Crippen LogP contribution in [-0.2, 0) is 9.53 Å². The molecule has 2 heterocycles. The highest BCUT2D eigenvalue weighted by Gasteiger charge is 2.23. The number of nitrogens with one attached hydrogen (secondary N) is 1. The lowest BCUT2D eigenvalue weighted by atomic mass is 10.2. The van der Waals surface area contributed by atoms with Crippen LogP contribution >= 0.6 is 11.3 Å². The van der Waals surface area contributed by atoms with Crippen LogP contribution in [0, 0.1) is 0 Å². The maximum Gasteiger partial charge on any atom is 0.350 e. The second-order valence-electron chi connectivity index (χ2n) is 7.92. The molecule has 0 aliphatic carbocycles. The molecule has 1 amide bonds. The summed E-state index contributed by atoms with van der Waals surface area (Å²) in [6, 6.07) is 19.6. The lowest BCUT2D eigenvalue weighted by molar-refractivity contribution is -0.117. The first kappa shape index (κ1) is 23.8. The Kier molecular flexibility index (Phi) is 7.82. The predicted octanol–water partition coefficient (Wildman–Crippen LogP) is 4.36. The summed E-state index contributed by atoms with van der Waals surface area (Å²) in [5.41, 5.74) is 2.56. The summed E-state index contributed by atoms with van der Waals surface area (Å²) in [5.74, 6) is 0.288. The molecule has 8 heteroatoms. The number of carbonyl (C=O) groups is 2. The maximum absolute atomic E-state index is 12.9. The monoisotopic (exact) mass is 479 g/mol. The molecule has 34 heavy (non-hydrogen) atoms. The fraction of sp³-hybridized carbons (Fsp3) is 0.308. The highest BCUT2D eigenvalue weighted by molar-refractivity contribution is 7.18. The largest absolute Gasteiger partial charge is 0.495 e. The third-order valence-electron chi connectivity index (χ3n) is 5.69. The van der Waals surface area contributed by atoms with E-state index in [0.29, 0.717) is 10.6 Å². The van der Waals surface area contributed by atoms with E-state index in [1.807, 2.05) is 54.6 Å². The van der Waals surface area contributed by atoms with E-state index >= 15 is 0 Å². The summed E-state index contributed by atoms with van der Waals surface area (Å²) in [7, 11) is 1.68. The SMILES string of the molecule is CCOC(=O)c1sc(-c2ccccc2)cc1NC(=O)CN1CCN(c2ccccc2OC)CC1. The van der Waals surface area contributed by atoms with Gasteiger partial charge in [0.15, 0.2) is 0 Å². The molecule has 1 aliphatic heterocycles. The van der Waals surface area contributed by atoms with Crippen molar-refractivity contribution in [3.8, 4) is 16.2 Å². The molecule has 0 radical (unpaired) electrons. The van der Waals surface area contributed by atoms with Crippen LogP contribution in [0.5, 0.6) is 5.75 Å². The Morgan fingerprint density at radius 1 is 1.00 bits per heavy atom. The molecule has 178 valence electrons. The number of amides is 1. The number of methoxy groups -OCH3 is 1. The number of rotatable bonds is 8. The Morgan fingerprint density at radius 3 is 2.41 bits per heavy atom. The molecule has 0 atom stereocenters. The van der Waals surface area contributed by atoms with Crippen molar-refractivity contribution >= 4 is 34.6 Å². The highest BCUT2D eigenvalue weighted by atomic mass is 32.1. The number of piperazine rings is 1. The predicted molar refractivity (Wildman–Crippen MR) is 136 cm³/mol. The molecule has 0 saturated carbocycles. The van der Waals surface area contributed by atoms with Gasteiger partial charge in [-0.05, 0) is 30.7 Å². The van der Waals surface area contributed by atoms with Crippen LogP contribution in [0.25, 0.3) is 10.4 Å². The van der Waals surface area contributed by atoms with Crippen molar-refractivity contribution in [2.45, 2.75) is 6.92 Å². The zero-order valence-electron chi connectivity index (χ0n) is 19.5. The van der Waals surface area contributed by atoms with E-state index in [0.717, 1.165) is 48.1 Å². The van der Waals surface area contributed by atoms with Gasteiger partial charge in [0.05, 0.1) is 31.6 Å². The van der Waals surface area contributed by atoms with Gasteiger partial charge in [0.2, 0.25) is 5.91 Å². The van der Waals surface area contributed by atoms with Crippen molar-refractivity contribution in [3.05, 3.63) is 65.5 Å². The summed E-state index contributed by atoms with van der Waals surface area (Å²) in [4.78, 5) is 31.1. The van der Waals surface area contributed by atoms with Crippen LogP contribution in [-0.4, -0.2) is 63.2 Å². The van der Waals surface area contributed by atoms with Crippen LogP contribution in [0.2, 0.25) is 0 Å². The second-order valence-corrected chi connectivity index (χ2v) is 8.98. The molecular weight excluding hydrogens is 450 g/mol. The maximum atomic E-state index is 12.9. The third kappa shape index (κ3) is 5.58. The second kappa shape index (κ2) is 11.2. The summed E-state index contributed by atoms with van der Waals surface area (Å²) in [5, 5.41) is 2.94. The minimum absolute atomic E-state index is 0.145. The molecule has 0 spiro atoms. The van der Waals surface area contributed by atoms with Crippen molar-refractivity contribution in [2.24, 2.45) is 0 Å². The molecule has 3 aromatic rings. The summed E-state index contributed by atoms with van der Waals surface area (Å²) < 4.78 is 10.7. The van der Waals surface area contributed by atoms with Crippen molar-refractivity contribution in [2.75, 3.05) is 56.7 Å². The van der Waals surface area contributed by atoms with Gasteiger partial charge in [-0.2, -0.15) is 0 Å². The molecule has 1 aromatic heterocycles. The minimum Gasteiger partial charge on any atom is -0.495 e. The zero-order chi connectivity index (χ0) is 23.9. The molecule has 4 rings (SSSR count). The Bertz CT molecular complexity index is 1120. The normalized spacial score (nSPS) is 14.0. The molecule has 1 N–H and O–H groups in total. The summed E-state index contributed by atoms with van der Waals surface area (Å²) >= 11 is 1.33. The Balaban J connectivity index is 1.40. The van der Waals surface area contributed by atoms with E-state index in [9.17, 15) is 9.59 Å². The van der Waals surface area contributed by atoms with Gasteiger partial charge >= 0.3 is 5.97 Å².